The van der Waals surface area contributed by atoms with Gasteiger partial charge in [-0.25, -0.2) is 4.68 Å². The Morgan fingerprint density at radius 2 is 1.92 bits per heavy atom. The van der Waals surface area contributed by atoms with Crippen molar-refractivity contribution in [1.82, 2.24) is 20.0 Å². The highest BCUT2D eigenvalue weighted by Crippen LogP contribution is 2.23. The van der Waals surface area contributed by atoms with Gasteiger partial charge in [0.1, 0.15) is 0 Å². The van der Waals surface area contributed by atoms with Crippen molar-refractivity contribution in [3.05, 3.63) is 58.4 Å². The predicted molar refractivity (Wildman–Crippen MR) is 95.0 cm³/mol. The molecule has 0 aliphatic carbocycles. The quantitative estimate of drug-likeness (QED) is 0.713. The summed E-state index contributed by atoms with van der Waals surface area (Å²) < 4.78 is 6.74. The number of carbonyl (C=O) groups excluding carboxylic acids is 1. The van der Waals surface area contributed by atoms with Crippen LogP contribution in [0, 0.1) is 20.8 Å². The van der Waals surface area contributed by atoms with Crippen LogP contribution in [0.3, 0.4) is 0 Å². The molecule has 0 saturated heterocycles. The van der Waals surface area contributed by atoms with Crippen LogP contribution < -0.4 is 4.74 Å². The van der Waals surface area contributed by atoms with Crippen molar-refractivity contribution in [1.29, 1.82) is 0 Å². The summed E-state index contributed by atoms with van der Waals surface area (Å²) in [6, 6.07) is 11.0. The molecule has 0 atom stereocenters. The molecular weight excluding hydrogens is 340 g/mol. The topological polar surface area (TPSA) is 69.9 Å². The van der Waals surface area contributed by atoms with E-state index in [1.165, 1.54) is 4.68 Å². The lowest BCUT2D eigenvalue weighted by Gasteiger charge is -2.07. The summed E-state index contributed by atoms with van der Waals surface area (Å²) in [7, 11) is 0. The van der Waals surface area contributed by atoms with Crippen LogP contribution in [0.5, 0.6) is 5.88 Å². The lowest BCUT2D eigenvalue weighted by Crippen LogP contribution is -2.22. The largest absolute Gasteiger partial charge is 0.466 e. The van der Waals surface area contributed by atoms with E-state index < -0.39 is 0 Å². The van der Waals surface area contributed by atoms with Crippen molar-refractivity contribution >= 4 is 17.5 Å². The minimum absolute atomic E-state index is 0.157. The van der Waals surface area contributed by atoms with Gasteiger partial charge in [-0.2, -0.15) is 5.10 Å². The molecule has 0 amide bonds. The van der Waals surface area contributed by atoms with Crippen molar-refractivity contribution in [2.75, 3.05) is 6.61 Å². The van der Waals surface area contributed by atoms with Crippen molar-refractivity contribution in [3.63, 3.8) is 0 Å². The van der Waals surface area contributed by atoms with E-state index in [2.05, 4.69) is 15.3 Å². The normalized spacial score (nSPS) is 10.7. The molecule has 25 heavy (non-hydrogen) atoms. The van der Waals surface area contributed by atoms with E-state index in [4.69, 9.17) is 16.3 Å². The summed E-state index contributed by atoms with van der Waals surface area (Å²) in [5, 5.41) is 13.0. The van der Waals surface area contributed by atoms with Crippen LogP contribution in [0.25, 0.3) is 11.3 Å². The third kappa shape index (κ3) is 3.85. The van der Waals surface area contributed by atoms with Gasteiger partial charge in [0.05, 0.1) is 11.4 Å². The monoisotopic (exact) mass is 356 g/mol. The number of carbonyl (C=O) groups is 1. The summed E-state index contributed by atoms with van der Waals surface area (Å²) >= 11 is 6.03. The number of benzene rings is 1. The number of rotatable bonds is 4. The molecule has 1 aromatic carbocycles. The standard InChI is InChI=1S/C18H17ClN4O2/c1-11-8-14(4-5-15(11)19)16-6-7-17(21-20-16)25-10-18(24)23-13(3)9-12(2)22-23/h4-9H,10H2,1-3H3. The number of nitrogens with zero attached hydrogens (tertiary/aromatic N) is 4. The van der Waals surface area contributed by atoms with Gasteiger partial charge >= 0.3 is 0 Å². The first-order valence-corrected chi connectivity index (χ1v) is 8.11. The molecule has 0 fully saturated rings. The minimum Gasteiger partial charge on any atom is -0.466 e. The number of aryl methyl sites for hydroxylation is 3. The molecule has 0 saturated carbocycles. The van der Waals surface area contributed by atoms with Crippen LogP contribution in [0.1, 0.15) is 21.7 Å². The van der Waals surface area contributed by atoms with Crippen molar-refractivity contribution in [2.45, 2.75) is 20.8 Å². The van der Waals surface area contributed by atoms with E-state index in [9.17, 15) is 4.79 Å². The second kappa shape index (κ2) is 7.03. The smallest absolute Gasteiger partial charge is 0.285 e. The average Bonchev–Trinajstić information content (AvgIpc) is 2.94. The predicted octanol–water partition coefficient (Wildman–Crippen LogP) is 3.64. The van der Waals surface area contributed by atoms with Crippen molar-refractivity contribution in [2.24, 2.45) is 0 Å². The fourth-order valence-corrected chi connectivity index (χ4v) is 2.55. The van der Waals surface area contributed by atoms with Crippen LogP contribution >= 0.6 is 11.6 Å². The molecule has 0 radical (unpaired) electrons. The lowest BCUT2D eigenvalue weighted by molar-refractivity contribution is 0.0814. The molecule has 0 N–H and O–H groups in total. The van der Waals surface area contributed by atoms with Gasteiger partial charge in [0.2, 0.25) is 5.88 Å². The Balaban J connectivity index is 1.67. The van der Waals surface area contributed by atoms with Crippen LogP contribution in [-0.4, -0.2) is 32.5 Å². The third-order valence-electron chi connectivity index (χ3n) is 3.68. The van der Waals surface area contributed by atoms with E-state index in [1.807, 2.05) is 45.0 Å². The average molecular weight is 357 g/mol. The Morgan fingerprint density at radius 1 is 1.12 bits per heavy atom. The fraction of sp³-hybridized carbons (Fsp3) is 0.222. The molecule has 0 unspecified atom stereocenters. The molecule has 7 heteroatoms. The first-order chi connectivity index (χ1) is 11.9. The van der Waals surface area contributed by atoms with Crippen LogP contribution in [0.15, 0.2) is 36.4 Å². The Bertz CT molecular complexity index is 919. The van der Waals surface area contributed by atoms with Crippen molar-refractivity contribution in [3.8, 4) is 17.1 Å². The molecule has 2 heterocycles. The number of aromatic nitrogens is 4. The Morgan fingerprint density at radius 3 is 2.52 bits per heavy atom. The Kier molecular flexibility index (Phi) is 4.81. The Labute approximate surface area is 150 Å². The van der Waals surface area contributed by atoms with Gasteiger partial charge in [-0.05, 0) is 50.6 Å². The molecule has 128 valence electrons. The highest BCUT2D eigenvalue weighted by Gasteiger charge is 2.11. The second-order valence-corrected chi connectivity index (χ2v) is 6.15. The highest BCUT2D eigenvalue weighted by atomic mass is 35.5. The van der Waals surface area contributed by atoms with Crippen molar-refractivity contribution < 1.29 is 9.53 Å². The van der Waals surface area contributed by atoms with Crippen LogP contribution in [0.4, 0.5) is 0 Å². The zero-order valence-corrected chi connectivity index (χ0v) is 14.9. The molecule has 3 aromatic rings. The van der Waals surface area contributed by atoms with Gasteiger partial charge in [0, 0.05) is 22.3 Å². The number of halogens is 1. The minimum atomic E-state index is -0.259. The maximum atomic E-state index is 12.1. The van der Waals surface area contributed by atoms with E-state index in [0.29, 0.717) is 10.7 Å². The van der Waals surface area contributed by atoms with E-state index >= 15 is 0 Å². The Hall–Kier alpha value is -2.73. The summed E-state index contributed by atoms with van der Waals surface area (Å²) in [5.41, 5.74) is 4.15. The number of hydrogen-bond donors (Lipinski definition) is 0. The first kappa shape index (κ1) is 17.1. The summed E-state index contributed by atoms with van der Waals surface area (Å²) in [4.78, 5) is 12.1. The SMILES string of the molecule is Cc1cc(C)n(C(=O)COc2ccc(-c3ccc(Cl)c(C)c3)nn2)n1. The zero-order valence-electron chi connectivity index (χ0n) is 14.2. The zero-order chi connectivity index (χ0) is 18.0. The summed E-state index contributed by atoms with van der Waals surface area (Å²) in [5.74, 6) is 0.0223. The van der Waals surface area contributed by atoms with E-state index in [1.54, 1.807) is 12.1 Å². The molecule has 0 spiro atoms. The fourth-order valence-electron chi connectivity index (χ4n) is 2.43. The molecular formula is C18H17ClN4O2. The van der Waals surface area contributed by atoms with Gasteiger partial charge in [0.25, 0.3) is 5.91 Å². The maximum Gasteiger partial charge on any atom is 0.285 e. The maximum absolute atomic E-state index is 12.1. The van der Waals surface area contributed by atoms with Gasteiger partial charge in [-0.3, -0.25) is 4.79 Å². The molecule has 0 bridgehead atoms. The summed E-state index contributed by atoms with van der Waals surface area (Å²) in [6.45, 7) is 5.43. The molecule has 6 nitrogen and oxygen atoms in total. The third-order valence-corrected chi connectivity index (χ3v) is 4.11. The van der Waals surface area contributed by atoms with Crippen LogP contribution in [-0.2, 0) is 0 Å². The van der Waals surface area contributed by atoms with Crippen LogP contribution in [0.2, 0.25) is 5.02 Å². The van der Waals surface area contributed by atoms with Gasteiger partial charge in [-0.15, -0.1) is 10.2 Å². The van der Waals surface area contributed by atoms with Gasteiger partial charge in [0.15, 0.2) is 6.61 Å². The lowest BCUT2D eigenvalue weighted by atomic mass is 10.1. The van der Waals surface area contributed by atoms with Gasteiger partial charge in [-0.1, -0.05) is 17.7 Å². The number of hydrogen-bond acceptors (Lipinski definition) is 5. The van der Waals surface area contributed by atoms with E-state index in [0.717, 1.165) is 22.5 Å². The second-order valence-electron chi connectivity index (χ2n) is 5.74. The highest BCUT2D eigenvalue weighted by molar-refractivity contribution is 6.31. The van der Waals surface area contributed by atoms with E-state index in [-0.39, 0.29) is 18.4 Å². The number of ether oxygens (including phenoxy) is 1. The molecule has 2 aromatic heterocycles. The molecule has 3 rings (SSSR count). The van der Waals surface area contributed by atoms with Gasteiger partial charge < -0.3 is 4.74 Å². The first-order valence-electron chi connectivity index (χ1n) is 7.73. The summed E-state index contributed by atoms with van der Waals surface area (Å²) in [6.07, 6.45) is 0. The molecule has 0 aliphatic heterocycles. The molecule has 0 aliphatic rings.